The van der Waals surface area contributed by atoms with Crippen molar-refractivity contribution in [2.75, 3.05) is 5.32 Å². The number of nitrogens with zero attached hydrogens (tertiary/aromatic N) is 1. The maximum atomic E-state index is 11.6. The van der Waals surface area contributed by atoms with Gasteiger partial charge in [-0.25, -0.2) is 0 Å². The van der Waals surface area contributed by atoms with Gasteiger partial charge < -0.3 is 9.84 Å². The molecule has 1 heterocycles. The Morgan fingerprint density at radius 1 is 1.44 bits per heavy atom. The van der Waals surface area contributed by atoms with Crippen LogP contribution in [0.3, 0.4) is 0 Å². The number of anilines is 1. The molecule has 2 rings (SSSR count). The van der Waals surface area contributed by atoms with Crippen LogP contribution in [0.2, 0.25) is 5.02 Å². The topological polar surface area (TPSA) is 55.1 Å². The van der Waals surface area contributed by atoms with E-state index in [4.69, 9.17) is 11.6 Å². The largest absolute Gasteiger partial charge is 0.364 e. The van der Waals surface area contributed by atoms with Gasteiger partial charge in [0.1, 0.15) is 6.26 Å². The molecule has 0 atom stereocenters. The summed E-state index contributed by atoms with van der Waals surface area (Å²) in [6, 6.07) is 6.56. The van der Waals surface area contributed by atoms with Crippen LogP contribution < -0.4 is 5.32 Å². The molecule has 6 heteroatoms. The molecule has 1 aromatic carbocycles. The summed E-state index contributed by atoms with van der Waals surface area (Å²) in [7, 11) is 0. The fourth-order valence-corrected chi connectivity index (χ4v) is 1.89. The third-order valence-corrected chi connectivity index (χ3v) is 2.74. The van der Waals surface area contributed by atoms with Gasteiger partial charge in [0.05, 0.1) is 5.69 Å². The Morgan fingerprint density at radius 2 is 2.25 bits per heavy atom. The van der Waals surface area contributed by atoms with Crippen LogP contribution in [0.4, 0.5) is 5.69 Å². The van der Waals surface area contributed by atoms with Crippen molar-refractivity contribution in [2.45, 2.75) is 0 Å². The van der Waals surface area contributed by atoms with Crippen molar-refractivity contribution in [3.05, 3.63) is 45.7 Å². The molecule has 0 fully saturated rings. The van der Waals surface area contributed by atoms with E-state index >= 15 is 0 Å². The van der Waals surface area contributed by atoms with Gasteiger partial charge in [-0.05, 0) is 34.1 Å². The third kappa shape index (κ3) is 2.43. The lowest BCUT2D eigenvalue weighted by Gasteiger charge is -2.05. The molecule has 0 radical (unpaired) electrons. The van der Waals surface area contributed by atoms with Crippen LogP contribution in [0.1, 0.15) is 10.5 Å². The molecule has 0 aliphatic carbocycles. The average Bonchev–Trinajstić information content (AvgIpc) is 2.75. The Labute approximate surface area is 105 Å². The van der Waals surface area contributed by atoms with Crippen molar-refractivity contribution in [3.8, 4) is 0 Å². The van der Waals surface area contributed by atoms with Crippen LogP contribution in [0.15, 0.2) is 39.5 Å². The van der Waals surface area contributed by atoms with Gasteiger partial charge in [0.15, 0.2) is 5.69 Å². The molecule has 2 aromatic rings. The minimum Gasteiger partial charge on any atom is -0.364 e. The maximum absolute atomic E-state index is 11.6. The first-order valence-corrected chi connectivity index (χ1v) is 5.50. The summed E-state index contributed by atoms with van der Waals surface area (Å²) in [6.45, 7) is 0. The molecule has 1 amide bonds. The smallest absolute Gasteiger partial charge is 0.277 e. The van der Waals surface area contributed by atoms with Crippen LogP contribution >= 0.6 is 27.5 Å². The van der Waals surface area contributed by atoms with Crippen molar-refractivity contribution < 1.29 is 9.32 Å². The van der Waals surface area contributed by atoms with E-state index in [2.05, 4.69) is 30.9 Å². The first-order chi connectivity index (χ1) is 7.66. The quantitative estimate of drug-likeness (QED) is 0.925. The van der Waals surface area contributed by atoms with E-state index in [0.29, 0.717) is 15.2 Å². The van der Waals surface area contributed by atoms with E-state index in [0.717, 1.165) is 0 Å². The molecule has 0 spiro atoms. The highest BCUT2D eigenvalue weighted by Gasteiger charge is 2.10. The average molecular weight is 302 g/mol. The van der Waals surface area contributed by atoms with Gasteiger partial charge in [0.25, 0.3) is 5.91 Å². The standard InChI is InChI=1S/C10H6BrClN2O2/c11-7-5-6(12)1-2-8(7)13-10(15)9-3-4-16-14-9/h1-5H,(H,13,15). The van der Waals surface area contributed by atoms with Gasteiger partial charge in [0, 0.05) is 15.6 Å². The molecule has 0 saturated carbocycles. The zero-order valence-corrected chi connectivity index (χ0v) is 10.2. The summed E-state index contributed by atoms with van der Waals surface area (Å²) in [6.07, 6.45) is 1.34. The molecule has 0 aliphatic heterocycles. The molecule has 1 aromatic heterocycles. The number of aromatic nitrogens is 1. The van der Waals surface area contributed by atoms with Crippen molar-refractivity contribution in [2.24, 2.45) is 0 Å². The van der Waals surface area contributed by atoms with E-state index in [1.54, 1.807) is 18.2 Å². The van der Waals surface area contributed by atoms with Gasteiger partial charge in [0.2, 0.25) is 0 Å². The number of amides is 1. The Bertz CT molecular complexity index is 514. The molecule has 0 bridgehead atoms. The van der Waals surface area contributed by atoms with E-state index < -0.39 is 0 Å². The number of hydrogen-bond donors (Lipinski definition) is 1. The number of halogens is 2. The lowest BCUT2D eigenvalue weighted by Crippen LogP contribution is -2.12. The molecule has 1 N–H and O–H groups in total. The number of nitrogens with one attached hydrogen (secondary N) is 1. The SMILES string of the molecule is O=C(Nc1ccc(Cl)cc1Br)c1ccon1. The van der Waals surface area contributed by atoms with Crippen LogP contribution in [0.5, 0.6) is 0 Å². The number of carbonyl (C=O) groups is 1. The zero-order chi connectivity index (χ0) is 11.5. The van der Waals surface area contributed by atoms with Crippen LogP contribution in [-0.2, 0) is 0 Å². The predicted molar refractivity (Wildman–Crippen MR) is 63.6 cm³/mol. The normalized spacial score (nSPS) is 10.1. The highest BCUT2D eigenvalue weighted by Crippen LogP contribution is 2.26. The predicted octanol–water partition coefficient (Wildman–Crippen LogP) is 3.34. The highest BCUT2D eigenvalue weighted by molar-refractivity contribution is 9.10. The Balaban J connectivity index is 2.18. The first kappa shape index (κ1) is 11.2. The fraction of sp³-hybridized carbons (Fsp3) is 0. The van der Waals surface area contributed by atoms with Crippen LogP contribution in [-0.4, -0.2) is 11.1 Å². The van der Waals surface area contributed by atoms with Crippen molar-refractivity contribution in [1.29, 1.82) is 0 Å². The Kier molecular flexibility index (Phi) is 3.26. The van der Waals surface area contributed by atoms with Gasteiger partial charge in [-0.3, -0.25) is 4.79 Å². The van der Waals surface area contributed by atoms with Gasteiger partial charge in [-0.2, -0.15) is 0 Å². The van der Waals surface area contributed by atoms with Gasteiger partial charge in [-0.1, -0.05) is 16.8 Å². The summed E-state index contributed by atoms with van der Waals surface area (Å²) < 4.78 is 5.28. The van der Waals surface area contributed by atoms with Crippen LogP contribution in [0, 0.1) is 0 Å². The minimum atomic E-state index is -0.336. The molecule has 82 valence electrons. The lowest BCUT2D eigenvalue weighted by molar-refractivity contribution is 0.101. The highest BCUT2D eigenvalue weighted by atomic mass is 79.9. The Morgan fingerprint density at radius 3 is 2.88 bits per heavy atom. The number of hydrogen-bond acceptors (Lipinski definition) is 3. The van der Waals surface area contributed by atoms with Gasteiger partial charge >= 0.3 is 0 Å². The van der Waals surface area contributed by atoms with Crippen molar-refractivity contribution >= 4 is 39.1 Å². The third-order valence-electron chi connectivity index (χ3n) is 1.85. The second-order valence-corrected chi connectivity index (χ2v) is 4.25. The second-order valence-electron chi connectivity index (χ2n) is 2.96. The van der Waals surface area contributed by atoms with E-state index in [1.165, 1.54) is 12.3 Å². The molecule has 0 aliphatic rings. The maximum Gasteiger partial charge on any atom is 0.277 e. The monoisotopic (exact) mass is 300 g/mol. The fourth-order valence-electron chi connectivity index (χ4n) is 1.11. The first-order valence-electron chi connectivity index (χ1n) is 4.33. The van der Waals surface area contributed by atoms with Crippen molar-refractivity contribution in [3.63, 3.8) is 0 Å². The number of benzene rings is 1. The molecule has 0 unspecified atom stereocenters. The lowest BCUT2D eigenvalue weighted by atomic mass is 10.3. The second kappa shape index (κ2) is 4.67. The van der Waals surface area contributed by atoms with E-state index in [-0.39, 0.29) is 11.6 Å². The molecular formula is C10H6BrClN2O2. The van der Waals surface area contributed by atoms with Crippen LogP contribution in [0.25, 0.3) is 0 Å². The number of rotatable bonds is 2. The molecular weight excluding hydrogens is 295 g/mol. The summed E-state index contributed by atoms with van der Waals surface area (Å²) in [5, 5.41) is 6.79. The van der Waals surface area contributed by atoms with Gasteiger partial charge in [-0.15, -0.1) is 0 Å². The molecule has 16 heavy (non-hydrogen) atoms. The molecule has 4 nitrogen and oxygen atoms in total. The Hall–Kier alpha value is -1.33. The van der Waals surface area contributed by atoms with Crippen molar-refractivity contribution in [1.82, 2.24) is 5.16 Å². The number of carbonyl (C=O) groups excluding carboxylic acids is 1. The minimum absolute atomic E-state index is 0.224. The molecule has 0 saturated heterocycles. The summed E-state index contributed by atoms with van der Waals surface area (Å²) >= 11 is 9.08. The zero-order valence-electron chi connectivity index (χ0n) is 7.91. The van der Waals surface area contributed by atoms with E-state index in [1.807, 2.05) is 0 Å². The summed E-state index contributed by atoms with van der Waals surface area (Å²) in [5.74, 6) is -0.336. The van der Waals surface area contributed by atoms with E-state index in [9.17, 15) is 4.79 Å². The summed E-state index contributed by atoms with van der Waals surface area (Å²) in [4.78, 5) is 11.6. The summed E-state index contributed by atoms with van der Waals surface area (Å²) in [5.41, 5.74) is 0.847.